The highest BCUT2D eigenvalue weighted by molar-refractivity contribution is 5.20. The zero-order valence-corrected chi connectivity index (χ0v) is 13.7. The van der Waals surface area contributed by atoms with Crippen LogP contribution in [0.1, 0.15) is 57.4 Å². The summed E-state index contributed by atoms with van der Waals surface area (Å²) in [5.74, 6) is 1.48. The van der Waals surface area contributed by atoms with Crippen LogP contribution in [-0.4, -0.2) is 25.8 Å². The largest absolute Gasteiger partial charge is 0.381 e. The van der Waals surface area contributed by atoms with Crippen molar-refractivity contribution in [1.29, 1.82) is 0 Å². The fourth-order valence-corrected chi connectivity index (χ4v) is 3.62. The van der Waals surface area contributed by atoms with Crippen molar-refractivity contribution in [2.75, 3.05) is 19.8 Å². The topological polar surface area (TPSA) is 21.3 Å². The summed E-state index contributed by atoms with van der Waals surface area (Å²) in [5.41, 5.74) is 1.52. The second-order valence-corrected chi connectivity index (χ2v) is 6.25. The van der Waals surface area contributed by atoms with Crippen LogP contribution in [0.3, 0.4) is 0 Å². The molecule has 3 unspecified atom stereocenters. The summed E-state index contributed by atoms with van der Waals surface area (Å²) in [7, 11) is 0. The minimum Gasteiger partial charge on any atom is -0.381 e. The molecule has 1 aliphatic carbocycles. The number of nitrogens with one attached hydrogen (secondary N) is 1. The first-order valence-electron chi connectivity index (χ1n) is 8.71. The third kappa shape index (κ3) is 5.12. The first-order chi connectivity index (χ1) is 10.3. The van der Waals surface area contributed by atoms with E-state index in [1.807, 2.05) is 0 Å². The quantitative estimate of drug-likeness (QED) is 0.718. The molecule has 118 valence electrons. The van der Waals surface area contributed by atoms with Crippen LogP contribution >= 0.6 is 0 Å². The van der Waals surface area contributed by atoms with E-state index in [2.05, 4.69) is 49.5 Å². The van der Waals surface area contributed by atoms with E-state index in [1.54, 1.807) is 0 Å². The molecule has 1 N–H and O–H groups in total. The SMILES string of the molecule is CCCOCCC1CC(c2ccccc2)CCC1NCC. The maximum absolute atomic E-state index is 5.73. The summed E-state index contributed by atoms with van der Waals surface area (Å²) in [6.07, 6.45) is 6.23. The molecule has 0 aliphatic heterocycles. The number of hydrogen-bond acceptors (Lipinski definition) is 2. The Labute approximate surface area is 130 Å². The van der Waals surface area contributed by atoms with Crippen LogP contribution in [0.4, 0.5) is 0 Å². The molecule has 1 aromatic rings. The van der Waals surface area contributed by atoms with Crippen molar-refractivity contribution in [1.82, 2.24) is 5.32 Å². The lowest BCUT2D eigenvalue weighted by Crippen LogP contribution is -2.40. The van der Waals surface area contributed by atoms with E-state index >= 15 is 0 Å². The fraction of sp³-hybridized carbons (Fsp3) is 0.684. The molecule has 0 amide bonds. The fourth-order valence-electron chi connectivity index (χ4n) is 3.62. The second-order valence-electron chi connectivity index (χ2n) is 6.25. The Bertz CT molecular complexity index is 378. The summed E-state index contributed by atoms with van der Waals surface area (Å²) in [5, 5.41) is 3.69. The third-order valence-corrected chi connectivity index (χ3v) is 4.70. The van der Waals surface area contributed by atoms with Crippen LogP contribution in [0.5, 0.6) is 0 Å². The van der Waals surface area contributed by atoms with Crippen molar-refractivity contribution >= 4 is 0 Å². The predicted octanol–water partition coefficient (Wildman–Crippen LogP) is 4.37. The molecule has 0 aromatic heterocycles. The molecule has 2 heteroatoms. The van der Waals surface area contributed by atoms with Crippen LogP contribution in [-0.2, 0) is 4.74 Å². The van der Waals surface area contributed by atoms with Gasteiger partial charge in [0, 0.05) is 19.3 Å². The first-order valence-corrected chi connectivity index (χ1v) is 8.71. The molecular weight excluding hydrogens is 258 g/mol. The van der Waals surface area contributed by atoms with Gasteiger partial charge < -0.3 is 10.1 Å². The molecule has 1 aliphatic rings. The van der Waals surface area contributed by atoms with Gasteiger partial charge >= 0.3 is 0 Å². The maximum atomic E-state index is 5.73. The van der Waals surface area contributed by atoms with Crippen LogP contribution < -0.4 is 5.32 Å². The van der Waals surface area contributed by atoms with E-state index in [4.69, 9.17) is 4.74 Å². The minimum absolute atomic E-state index is 0.681. The van der Waals surface area contributed by atoms with E-state index in [-0.39, 0.29) is 0 Å². The lowest BCUT2D eigenvalue weighted by atomic mass is 9.74. The summed E-state index contributed by atoms with van der Waals surface area (Å²) in [6, 6.07) is 11.7. The Balaban J connectivity index is 1.91. The summed E-state index contributed by atoms with van der Waals surface area (Å²) >= 11 is 0. The third-order valence-electron chi connectivity index (χ3n) is 4.70. The van der Waals surface area contributed by atoms with Crippen molar-refractivity contribution < 1.29 is 4.74 Å². The molecule has 0 heterocycles. The number of benzene rings is 1. The van der Waals surface area contributed by atoms with Gasteiger partial charge in [-0.05, 0) is 56.0 Å². The van der Waals surface area contributed by atoms with Gasteiger partial charge in [-0.15, -0.1) is 0 Å². The average molecular weight is 289 g/mol. The van der Waals surface area contributed by atoms with E-state index < -0.39 is 0 Å². The molecule has 0 saturated heterocycles. The molecule has 1 aromatic carbocycles. The maximum Gasteiger partial charge on any atom is 0.0469 e. The zero-order valence-electron chi connectivity index (χ0n) is 13.7. The second kappa shape index (κ2) is 9.22. The molecule has 2 rings (SSSR count). The normalized spacial score (nSPS) is 25.9. The lowest BCUT2D eigenvalue weighted by molar-refractivity contribution is 0.103. The molecule has 0 spiro atoms. The van der Waals surface area contributed by atoms with Gasteiger partial charge in [0.1, 0.15) is 0 Å². The van der Waals surface area contributed by atoms with E-state index in [9.17, 15) is 0 Å². The Hall–Kier alpha value is -0.860. The van der Waals surface area contributed by atoms with Gasteiger partial charge in [-0.1, -0.05) is 44.2 Å². The Morgan fingerprint density at radius 1 is 1.10 bits per heavy atom. The smallest absolute Gasteiger partial charge is 0.0469 e. The van der Waals surface area contributed by atoms with Gasteiger partial charge in [-0.3, -0.25) is 0 Å². The molecule has 1 saturated carbocycles. The van der Waals surface area contributed by atoms with Crippen molar-refractivity contribution in [3.8, 4) is 0 Å². The molecular formula is C19H31NO. The summed E-state index contributed by atoms with van der Waals surface area (Å²) in [4.78, 5) is 0. The van der Waals surface area contributed by atoms with Gasteiger partial charge in [-0.2, -0.15) is 0 Å². The molecule has 21 heavy (non-hydrogen) atoms. The summed E-state index contributed by atoms with van der Waals surface area (Å²) < 4.78 is 5.73. The van der Waals surface area contributed by atoms with Crippen LogP contribution in [0.2, 0.25) is 0 Å². The summed E-state index contributed by atoms with van der Waals surface area (Å²) in [6.45, 7) is 7.29. The zero-order chi connectivity index (χ0) is 14.9. The Morgan fingerprint density at radius 3 is 2.62 bits per heavy atom. The predicted molar refractivity (Wildman–Crippen MR) is 89.7 cm³/mol. The number of rotatable bonds is 8. The first kappa shape index (κ1) is 16.5. The van der Waals surface area contributed by atoms with Gasteiger partial charge in [0.05, 0.1) is 0 Å². The lowest BCUT2D eigenvalue weighted by Gasteiger charge is -2.37. The van der Waals surface area contributed by atoms with Crippen LogP contribution in [0.25, 0.3) is 0 Å². The van der Waals surface area contributed by atoms with E-state index in [1.165, 1.54) is 31.2 Å². The van der Waals surface area contributed by atoms with E-state index in [0.29, 0.717) is 6.04 Å². The van der Waals surface area contributed by atoms with Crippen LogP contribution in [0, 0.1) is 5.92 Å². The van der Waals surface area contributed by atoms with Crippen molar-refractivity contribution in [2.24, 2.45) is 5.92 Å². The van der Waals surface area contributed by atoms with Gasteiger partial charge in [0.25, 0.3) is 0 Å². The van der Waals surface area contributed by atoms with Gasteiger partial charge in [0.2, 0.25) is 0 Å². The molecule has 1 fully saturated rings. The Kier molecular flexibility index (Phi) is 7.25. The average Bonchev–Trinajstić information content (AvgIpc) is 2.54. The molecule has 0 bridgehead atoms. The highest BCUT2D eigenvalue weighted by Crippen LogP contribution is 2.37. The van der Waals surface area contributed by atoms with Crippen molar-refractivity contribution in [2.45, 2.75) is 57.9 Å². The minimum atomic E-state index is 0.681. The Morgan fingerprint density at radius 2 is 1.90 bits per heavy atom. The standard InChI is InChI=1S/C19H31NO/c1-3-13-21-14-12-18-15-17(10-11-19(18)20-4-2)16-8-6-5-7-9-16/h5-9,17-20H,3-4,10-15H2,1-2H3. The number of ether oxygens (including phenoxy) is 1. The highest BCUT2D eigenvalue weighted by Gasteiger charge is 2.30. The van der Waals surface area contributed by atoms with Gasteiger partial charge in [-0.25, -0.2) is 0 Å². The van der Waals surface area contributed by atoms with Crippen molar-refractivity contribution in [3.05, 3.63) is 35.9 Å². The van der Waals surface area contributed by atoms with Crippen LogP contribution in [0.15, 0.2) is 30.3 Å². The monoisotopic (exact) mass is 289 g/mol. The van der Waals surface area contributed by atoms with E-state index in [0.717, 1.165) is 38.0 Å². The number of hydrogen-bond donors (Lipinski definition) is 1. The highest BCUT2D eigenvalue weighted by atomic mass is 16.5. The van der Waals surface area contributed by atoms with Crippen molar-refractivity contribution in [3.63, 3.8) is 0 Å². The molecule has 0 radical (unpaired) electrons. The molecule has 2 nitrogen and oxygen atoms in total. The van der Waals surface area contributed by atoms with Gasteiger partial charge in [0.15, 0.2) is 0 Å². The molecule has 3 atom stereocenters.